The number of ether oxygens (including phenoxy) is 9. The van der Waals surface area contributed by atoms with Gasteiger partial charge in [-0.3, -0.25) is 0 Å². The van der Waals surface area contributed by atoms with Gasteiger partial charge in [-0.2, -0.15) is 0 Å². The summed E-state index contributed by atoms with van der Waals surface area (Å²) in [5.41, 5.74) is 0. The lowest BCUT2D eigenvalue weighted by Crippen LogP contribution is -2.15. The van der Waals surface area contributed by atoms with E-state index in [0.717, 1.165) is 24.1 Å². The molecular formula is C34H69IO9. The maximum atomic E-state index is 5.67. The summed E-state index contributed by atoms with van der Waals surface area (Å²) in [6, 6.07) is 0. The van der Waals surface area contributed by atoms with Crippen molar-refractivity contribution in [1.29, 1.82) is 0 Å². The van der Waals surface area contributed by atoms with Crippen molar-refractivity contribution in [3.8, 4) is 0 Å². The molecule has 9 nitrogen and oxygen atoms in total. The van der Waals surface area contributed by atoms with E-state index in [-0.39, 0.29) is 0 Å². The van der Waals surface area contributed by atoms with E-state index in [2.05, 4.69) is 29.5 Å². The van der Waals surface area contributed by atoms with Crippen molar-refractivity contribution in [1.82, 2.24) is 0 Å². The summed E-state index contributed by atoms with van der Waals surface area (Å²) in [6.07, 6.45) is 19.3. The quantitative estimate of drug-likeness (QED) is 0.0371. The zero-order valence-electron chi connectivity index (χ0n) is 28.4. The van der Waals surface area contributed by atoms with Gasteiger partial charge in [-0.25, -0.2) is 0 Å². The summed E-state index contributed by atoms with van der Waals surface area (Å²) in [7, 11) is 0. The molecule has 0 aliphatic carbocycles. The molecule has 0 radical (unpaired) electrons. The summed E-state index contributed by atoms with van der Waals surface area (Å²) in [6.45, 7) is 13.1. The van der Waals surface area contributed by atoms with Gasteiger partial charge in [0.15, 0.2) is 0 Å². The van der Waals surface area contributed by atoms with Crippen LogP contribution in [0.1, 0.15) is 96.8 Å². The Bertz CT molecular complexity index is 450. The predicted molar refractivity (Wildman–Crippen MR) is 187 cm³/mol. The van der Waals surface area contributed by atoms with Crippen molar-refractivity contribution in [2.45, 2.75) is 96.8 Å². The Labute approximate surface area is 284 Å². The van der Waals surface area contributed by atoms with E-state index in [9.17, 15) is 0 Å². The van der Waals surface area contributed by atoms with Crippen LogP contribution in [0.4, 0.5) is 0 Å². The van der Waals surface area contributed by atoms with E-state index in [1.54, 1.807) is 0 Å². The lowest BCUT2D eigenvalue weighted by atomic mass is 10.0. The Morgan fingerprint density at radius 1 is 0.250 bits per heavy atom. The molecule has 0 spiro atoms. The van der Waals surface area contributed by atoms with Crippen molar-refractivity contribution >= 4 is 22.6 Å². The van der Waals surface area contributed by atoms with E-state index >= 15 is 0 Å². The van der Waals surface area contributed by atoms with E-state index in [1.165, 1.54) is 83.5 Å². The fourth-order valence-electron chi connectivity index (χ4n) is 4.31. The molecule has 0 aliphatic rings. The third kappa shape index (κ3) is 42.4. The molecule has 44 heavy (non-hydrogen) atoms. The number of hydrogen-bond donors (Lipinski definition) is 0. The average Bonchev–Trinajstić information content (AvgIpc) is 3.04. The number of rotatable bonds is 41. The highest BCUT2D eigenvalue weighted by molar-refractivity contribution is 14.1. The Balaban J connectivity index is 3.03. The standard InChI is InChI=1S/C34H69IO9/c1-2-3-4-5-6-7-8-9-10-11-12-13-14-15-17-36-19-21-38-23-25-40-27-29-42-31-33-44-34-32-43-30-28-41-26-24-39-22-20-37-18-16-35/h2-34H2,1H3. The van der Waals surface area contributed by atoms with Crippen LogP contribution >= 0.6 is 22.6 Å². The third-order valence-electron chi connectivity index (χ3n) is 6.84. The monoisotopic (exact) mass is 748 g/mol. The molecule has 0 aliphatic heterocycles. The Morgan fingerprint density at radius 2 is 0.455 bits per heavy atom. The molecule has 0 saturated heterocycles. The topological polar surface area (TPSA) is 83.1 Å². The highest BCUT2D eigenvalue weighted by Crippen LogP contribution is 2.13. The molecule has 0 aromatic carbocycles. The zero-order chi connectivity index (χ0) is 31.7. The van der Waals surface area contributed by atoms with Crippen molar-refractivity contribution in [3.05, 3.63) is 0 Å². The van der Waals surface area contributed by atoms with Gasteiger partial charge in [-0.05, 0) is 6.42 Å². The minimum absolute atomic E-state index is 0.542. The van der Waals surface area contributed by atoms with Gasteiger partial charge < -0.3 is 42.6 Å². The van der Waals surface area contributed by atoms with Crippen LogP contribution in [0.15, 0.2) is 0 Å². The number of hydrogen-bond acceptors (Lipinski definition) is 9. The first-order valence-electron chi connectivity index (χ1n) is 17.7. The Morgan fingerprint density at radius 3 is 0.705 bits per heavy atom. The second-order valence-corrected chi connectivity index (χ2v) is 11.9. The molecule has 0 saturated carbocycles. The molecule has 0 amide bonds. The lowest BCUT2D eigenvalue weighted by molar-refractivity contribution is -0.0248. The molecule has 0 rings (SSSR count). The second kappa shape index (κ2) is 43.4. The first kappa shape index (κ1) is 44.4. The molecule has 0 unspecified atom stereocenters. The Hall–Kier alpha value is 0.370. The summed E-state index contributed by atoms with van der Waals surface area (Å²) in [5.74, 6) is 0. The normalized spacial score (nSPS) is 11.6. The maximum Gasteiger partial charge on any atom is 0.0701 e. The number of unbranched alkanes of at least 4 members (excludes halogenated alkanes) is 13. The van der Waals surface area contributed by atoms with Crippen LogP contribution < -0.4 is 0 Å². The fraction of sp³-hybridized carbons (Fsp3) is 1.00. The van der Waals surface area contributed by atoms with Crippen molar-refractivity contribution in [3.63, 3.8) is 0 Å². The van der Waals surface area contributed by atoms with Crippen LogP contribution in [-0.2, 0) is 42.6 Å². The molecule has 0 aromatic rings. The van der Waals surface area contributed by atoms with Crippen molar-refractivity contribution < 1.29 is 42.6 Å². The van der Waals surface area contributed by atoms with E-state index in [4.69, 9.17) is 42.6 Å². The molecule has 10 heteroatoms. The van der Waals surface area contributed by atoms with E-state index < -0.39 is 0 Å². The molecule has 0 aromatic heterocycles. The molecular weight excluding hydrogens is 679 g/mol. The summed E-state index contributed by atoms with van der Waals surface area (Å²) >= 11 is 2.28. The van der Waals surface area contributed by atoms with E-state index in [0.29, 0.717) is 106 Å². The highest BCUT2D eigenvalue weighted by atomic mass is 127. The predicted octanol–water partition coefficient (Wildman–Crippen LogP) is 7.05. The summed E-state index contributed by atoms with van der Waals surface area (Å²) < 4.78 is 50.4. The van der Waals surface area contributed by atoms with Crippen LogP contribution in [0.25, 0.3) is 0 Å². The smallest absolute Gasteiger partial charge is 0.0701 e. The van der Waals surface area contributed by atoms with E-state index in [1.807, 2.05) is 0 Å². The van der Waals surface area contributed by atoms with Crippen LogP contribution in [0, 0.1) is 0 Å². The first-order valence-corrected chi connectivity index (χ1v) is 19.2. The molecule has 0 atom stereocenters. The van der Waals surface area contributed by atoms with Gasteiger partial charge in [0.25, 0.3) is 0 Å². The van der Waals surface area contributed by atoms with Gasteiger partial charge in [0.1, 0.15) is 0 Å². The SMILES string of the molecule is CCCCCCCCCCCCCCCCOCCOCCOCCOCCOCCOCCOCCOCCOCCI. The van der Waals surface area contributed by atoms with Gasteiger partial charge in [-0.15, -0.1) is 0 Å². The maximum absolute atomic E-state index is 5.67. The van der Waals surface area contributed by atoms with Crippen molar-refractivity contribution in [2.75, 3.05) is 123 Å². The third-order valence-corrected chi connectivity index (χ3v) is 7.28. The largest absolute Gasteiger partial charge is 0.379 e. The molecule has 0 bridgehead atoms. The van der Waals surface area contributed by atoms with Crippen LogP contribution in [0.5, 0.6) is 0 Å². The van der Waals surface area contributed by atoms with Crippen molar-refractivity contribution in [2.24, 2.45) is 0 Å². The van der Waals surface area contributed by atoms with Gasteiger partial charge in [-0.1, -0.05) is 113 Å². The minimum Gasteiger partial charge on any atom is -0.379 e. The van der Waals surface area contributed by atoms with Crippen LogP contribution in [0.3, 0.4) is 0 Å². The molecule has 0 N–H and O–H groups in total. The fourth-order valence-corrected chi connectivity index (χ4v) is 4.63. The molecule has 266 valence electrons. The number of alkyl halides is 1. The average molecular weight is 749 g/mol. The minimum atomic E-state index is 0.542. The van der Waals surface area contributed by atoms with Gasteiger partial charge >= 0.3 is 0 Å². The van der Waals surface area contributed by atoms with Gasteiger partial charge in [0, 0.05) is 11.0 Å². The second-order valence-electron chi connectivity index (χ2n) is 10.8. The van der Waals surface area contributed by atoms with Gasteiger partial charge in [0.05, 0.1) is 112 Å². The van der Waals surface area contributed by atoms with Crippen LogP contribution in [-0.4, -0.2) is 123 Å². The summed E-state index contributed by atoms with van der Waals surface area (Å²) in [5, 5.41) is 0. The molecule has 0 heterocycles. The highest BCUT2D eigenvalue weighted by Gasteiger charge is 1.97. The molecule has 0 fully saturated rings. The lowest BCUT2D eigenvalue weighted by Gasteiger charge is -2.09. The summed E-state index contributed by atoms with van der Waals surface area (Å²) in [4.78, 5) is 0. The number of halogens is 1. The zero-order valence-corrected chi connectivity index (χ0v) is 30.5. The van der Waals surface area contributed by atoms with Crippen LogP contribution in [0.2, 0.25) is 0 Å². The first-order chi connectivity index (χ1) is 21.9. The Kier molecular flexibility index (Phi) is 43.7. The van der Waals surface area contributed by atoms with Gasteiger partial charge in [0.2, 0.25) is 0 Å².